The Kier molecular flexibility index (Phi) is 4.72. The minimum atomic E-state index is -0.573. The van der Waals surface area contributed by atoms with Crippen molar-refractivity contribution in [2.75, 3.05) is 18.5 Å². The van der Waals surface area contributed by atoms with Crippen LogP contribution in [0.25, 0.3) is 11.3 Å². The molecule has 1 aliphatic rings. The summed E-state index contributed by atoms with van der Waals surface area (Å²) in [5, 5.41) is 4.56. The second kappa shape index (κ2) is 7.32. The Labute approximate surface area is 157 Å². The molecule has 8 heteroatoms. The van der Waals surface area contributed by atoms with Crippen LogP contribution in [-0.4, -0.2) is 24.1 Å². The fourth-order valence-electron chi connectivity index (χ4n) is 2.70. The van der Waals surface area contributed by atoms with Gasteiger partial charge in [0.25, 0.3) is 0 Å². The summed E-state index contributed by atoms with van der Waals surface area (Å²) in [6.45, 7) is 0.978. The first-order valence-corrected chi connectivity index (χ1v) is 9.06. The number of aromatic nitrogens is 1. The molecular formula is C19H14F2N2O3S. The van der Waals surface area contributed by atoms with E-state index in [1.54, 1.807) is 23.6 Å². The highest BCUT2D eigenvalue weighted by Crippen LogP contribution is 2.31. The van der Waals surface area contributed by atoms with Crippen molar-refractivity contribution < 1.29 is 23.0 Å². The van der Waals surface area contributed by atoms with E-state index in [9.17, 15) is 13.6 Å². The van der Waals surface area contributed by atoms with Gasteiger partial charge in [-0.15, -0.1) is 11.3 Å². The highest BCUT2D eigenvalue weighted by molar-refractivity contribution is 7.14. The van der Waals surface area contributed by atoms with E-state index < -0.39 is 11.6 Å². The first kappa shape index (κ1) is 17.4. The van der Waals surface area contributed by atoms with Crippen molar-refractivity contribution in [3.8, 4) is 22.8 Å². The lowest BCUT2D eigenvalue weighted by atomic mass is 10.1. The third-order valence-corrected chi connectivity index (χ3v) is 4.68. The number of ether oxygens (including phenoxy) is 2. The average Bonchev–Trinajstić information content (AvgIpc) is 3.11. The predicted molar refractivity (Wildman–Crippen MR) is 97.2 cm³/mol. The van der Waals surface area contributed by atoms with Crippen LogP contribution in [0.3, 0.4) is 0 Å². The van der Waals surface area contributed by atoms with Crippen LogP contribution in [-0.2, 0) is 11.2 Å². The molecule has 138 valence electrons. The van der Waals surface area contributed by atoms with Crippen molar-refractivity contribution in [2.24, 2.45) is 0 Å². The van der Waals surface area contributed by atoms with Crippen molar-refractivity contribution in [2.45, 2.75) is 6.42 Å². The highest BCUT2D eigenvalue weighted by atomic mass is 32.1. The zero-order valence-corrected chi connectivity index (χ0v) is 14.8. The summed E-state index contributed by atoms with van der Waals surface area (Å²) in [5.74, 6) is -0.122. The molecule has 0 saturated heterocycles. The number of amides is 1. The Hall–Kier alpha value is -3.00. The molecule has 0 fully saturated rings. The minimum absolute atomic E-state index is 0.0542. The van der Waals surface area contributed by atoms with Gasteiger partial charge in [-0.05, 0) is 35.9 Å². The van der Waals surface area contributed by atoms with E-state index in [0.717, 1.165) is 35.1 Å². The number of hydrogen-bond acceptors (Lipinski definition) is 5. The maximum Gasteiger partial charge on any atom is 0.230 e. The smallest absolute Gasteiger partial charge is 0.230 e. The van der Waals surface area contributed by atoms with E-state index in [4.69, 9.17) is 9.47 Å². The SMILES string of the molecule is O=C(Cc1ccc2c(c1)OCCO2)Nc1nc(-c2cc(F)ccc2F)cs1. The van der Waals surface area contributed by atoms with Gasteiger partial charge in [0, 0.05) is 10.9 Å². The molecule has 27 heavy (non-hydrogen) atoms. The zero-order chi connectivity index (χ0) is 18.8. The maximum absolute atomic E-state index is 13.8. The number of rotatable bonds is 4. The molecular weight excluding hydrogens is 374 g/mol. The van der Waals surface area contributed by atoms with Crippen LogP contribution in [0.15, 0.2) is 41.8 Å². The molecule has 0 saturated carbocycles. The molecule has 2 heterocycles. The normalized spacial score (nSPS) is 12.7. The summed E-state index contributed by atoms with van der Waals surface area (Å²) >= 11 is 1.14. The van der Waals surface area contributed by atoms with Crippen molar-refractivity contribution >= 4 is 22.4 Å². The molecule has 4 rings (SSSR count). The molecule has 1 aromatic heterocycles. The quantitative estimate of drug-likeness (QED) is 0.733. The molecule has 2 aromatic carbocycles. The van der Waals surface area contributed by atoms with Crippen molar-refractivity contribution in [1.82, 2.24) is 4.98 Å². The Balaban J connectivity index is 1.44. The number of carbonyl (C=O) groups is 1. The summed E-state index contributed by atoms with van der Waals surface area (Å²) in [6, 6.07) is 8.49. The van der Waals surface area contributed by atoms with Crippen LogP contribution in [0.1, 0.15) is 5.56 Å². The van der Waals surface area contributed by atoms with Gasteiger partial charge in [0.2, 0.25) is 5.91 Å². The Morgan fingerprint density at radius 3 is 2.78 bits per heavy atom. The van der Waals surface area contributed by atoms with Gasteiger partial charge in [-0.3, -0.25) is 4.79 Å². The number of thiazole rings is 1. The Bertz CT molecular complexity index is 1010. The monoisotopic (exact) mass is 388 g/mol. The Morgan fingerprint density at radius 2 is 1.93 bits per heavy atom. The fourth-order valence-corrected chi connectivity index (χ4v) is 3.42. The van der Waals surface area contributed by atoms with E-state index in [-0.39, 0.29) is 23.6 Å². The summed E-state index contributed by atoms with van der Waals surface area (Å²) in [7, 11) is 0. The van der Waals surface area contributed by atoms with Crippen LogP contribution in [0.5, 0.6) is 11.5 Å². The number of anilines is 1. The molecule has 1 N–H and O–H groups in total. The van der Waals surface area contributed by atoms with Crippen LogP contribution >= 0.6 is 11.3 Å². The van der Waals surface area contributed by atoms with Gasteiger partial charge in [-0.1, -0.05) is 6.07 Å². The lowest BCUT2D eigenvalue weighted by Gasteiger charge is -2.18. The van der Waals surface area contributed by atoms with Crippen LogP contribution in [0, 0.1) is 11.6 Å². The van der Waals surface area contributed by atoms with Gasteiger partial charge in [0.15, 0.2) is 16.6 Å². The van der Waals surface area contributed by atoms with Gasteiger partial charge in [-0.25, -0.2) is 13.8 Å². The number of nitrogens with one attached hydrogen (secondary N) is 1. The average molecular weight is 388 g/mol. The number of fused-ring (bicyclic) bond motifs is 1. The molecule has 0 atom stereocenters. The molecule has 0 spiro atoms. The molecule has 3 aromatic rings. The zero-order valence-electron chi connectivity index (χ0n) is 14.0. The largest absolute Gasteiger partial charge is 0.486 e. The minimum Gasteiger partial charge on any atom is -0.486 e. The summed E-state index contributed by atoms with van der Waals surface area (Å²) in [5.41, 5.74) is 1.09. The van der Waals surface area contributed by atoms with E-state index in [1.807, 2.05) is 0 Å². The molecule has 0 radical (unpaired) electrons. The van der Waals surface area contributed by atoms with Gasteiger partial charge in [-0.2, -0.15) is 0 Å². The number of nitrogens with zero attached hydrogens (tertiary/aromatic N) is 1. The lowest BCUT2D eigenvalue weighted by molar-refractivity contribution is -0.115. The highest BCUT2D eigenvalue weighted by Gasteiger charge is 2.15. The van der Waals surface area contributed by atoms with Crippen molar-refractivity contribution in [1.29, 1.82) is 0 Å². The van der Waals surface area contributed by atoms with Crippen molar-refractivity contribution in [3.05, 3.63) is 59.0 Å². The summed E-state index contributed by atoms with van der Waals surface area (Å²) in [4.78, 5) is 16.4. The van der Waals surface area contributed by atoms with Crippen LogP contribution in [0.4, 0.5) is 13.9 Å². The maximum atomic E-state index is 13.8. The van der Waals surface area contributed by atoms with E-state index in [2.05, 4.69) is 10.3 Å². The van der Waals surface area contributed by atoms with Crippen LogP contribution < -0.4 is 14.8 Å². The summed E-state index contributed by atoms with van der Waals surface area (Å²) < 4.78 is 38.1. The molecule has 1 amide bonds. The molecule has 0 bridgehead atoms. The standard InChI is InChI=1S/C19H14F2N2O3S/c20-12-2-3-14(21)13(9-12)15-10-27-19(22-15)23-18(24)8-11-1-4-16-17(7-11)26-6-5-25-16/h1-4,7,9-10H,5-6,8H2,(H,22,23,24). The van der Waals surface area contributed by atoms with Crippen LogP contribution in [0.2, 0.25) is 0 Å². The third-order valence-electron chi connectivity index (χ3n) is 3.93. The molecule has 0 unspecified atom stereocenters. The first-order chi connectivity index (χ1) is 13.1. The number of hydrogen-bond donors (Lipinski definition) is 1. The van der Waals surface area contributed by atoms with Gasteiger partial charge >= 0.3 is 0 Å². The van der Waals surface area contributed by atoms with E-state index in [0.29, 0.717) is 29.8 Å². The lowest BCUT2D eigenvalue weighted by Crippen LogP contribution is -2.17. The number of halogens is 2. The second-order valence-electron chi connectivity index (χ2n) is 5.87. The second-order valence-corrected chi connectivity index (χ2v) is 6.72. The van der Waals surface area contributed by atoms with Gasteiger partial charge in [0.05, 0.1) is 12.1 Å². The van der Waals surface area contributed by atoms with Gasteiger partial charge < -0.3 is 14.8 Å². The molecule has 0 aliphatic carbocycles. The molecule has 5 nitrogen and oxygen atoms in total. The first-order valence-electron chi connectivity index (χ1n) is 8.18. The Morgan fingerprint density at radius 1 is 1.11 bits per heavy atom. The van der Waals surface area contributed by atoms with Crippen molar-refractivity contribution in [3.63, 3.8) is 0 Å². The van der Waals surface area contributed by atoms with Gasteiger partial charge in [0.1, 0.15) is 24.8 Å². The predicted octanol–water partition coefficient (Wildman–Crippen LogP) is 4.04. The molecule has 1 aliphatic heterocycles. The fraction of sp³-hybridized carbons (Fsp3) is 0.158. The summed E-state index contributed by atoms with van der Waals surface area (Å²) in [6.07, 6.45) is 0.125. The topological polar surface area (TPSA) is 60.5 Å². The number of carbonyl (C=O) groups excluding carboxylic acids is 1. The van der Waals surface area contributed by atoms with E-state index >= 15 is 0 Å². The van der Waals surface area contributed by atoms with E-state index in [1.165, 1.54) is 0 Å². The third kappa shape index (κ3) is 3.90. The number of benzene rings is 2.